The first-order chi connectivity index (χ1) is 52.6. The molecule has 0 aliphatic heterocycles. The fourth-order valence-electron chi connectivity index (χ4n) is 18.2. The molecule has 8 heterocycles. The molecule has 0 radical (unpaired) electrons. The molecule has 0 unspecified atom stereocenters. The molecule has 0 atom stereocenters. The van der Waals surface area contributed by atoms with Crippen molar-refractivity contribution in [3.8, 4) is 45.5 Å². The summed E-state index contributed by atoms with van der Waals surface area (Å²) in [4.78, 5) is 21.5. The second-order valence-electron chi connectivity index (χ2n) is 28.4. The van der Waals surface area contributed by atoms with Gasteiger partial charge in [-0.3, -0.25) is 9.13 Å². The lowest BCUT2D eigenvalue weighted by Crippen LogP contribution is -2.02. The van der Waals surface area contributed by atoms with Crippen LogP contribution in [0.1, 0.15) is 0 Å². The standard InChI is InChI=1S/C50H28N4.C48H28N4/c1-2-13-31-27-44-40(26-30(31)12-1)46-45(28-39-36-15-6-9-19-42(36)53-43-20-10-7-17-38(43)47(46)48(39)53)54(44)50-37-16-5-8-18-41(37)51-49(52-50)33-23-24-35-32(25-33)22-21-29-11-3-4-14-34(29)35;1-2-13-29(14-3-1)30-17-12-18-33(25-30)47-49-39-22-9-6-20-35(39)48(50-47)52-42-27-32-16-5-4-15-31(32)26-38(42)44-43(52)28-37-34-19-7-10-23-40(34)51-41-24-11-8-21-36(41)45(44)46(37)51/h1-28H;1-28H. The van der Waals surface area contributed by atoms with Gasteiger partial charge in [-0.15, -0.1) is 0 Å². The maximum atomic E-state index is 5.55. The average Bonchev–Trinajstić information content (AvgIpc) is 1.52. The van der Waals surface area contributed by atoms with E-state index < -0.39 is 0 Å². The van der Waals surface area contributed by atoms with Crippen molar-refractivity contribution in [2.45, 2.75) is 0 Å². The molecule has 0 aliphatic carbocycles. The number of aromatic nitrogens is 8. The molecule has 17 aromatic carbocycles. The predicted octanol–water partition coefficient (Wildman–Crippen LogP) is 25.4. The smallest absolute Gasteiger partial charge is 0.162 e. The van der Waals surface area contributed by atoms with Gasteiger partial charge in [0.05, 0.1) is 66.2 Å². The first-order valence-corrected chi connectivity index (χ1v) is 36.3. The first-order valence-electron chi connectivity index (χ1n) is 36.3. The van der Waals surface area contributed by atoms with E-state index >= 15 is 0 Å². The summed E-state index contributed by atoms with van der Waals surface area (Å²) in [7, 11) is 0. The van der Waals surface area contributed by atoms with Crippen LogP contribution in [0.3, 0.4) is 0 Å². The van der Waals surface area contributed by atoms with Gasteiger partial charge in [-0.05, 0) is 151 Å². The van der Waals surface area contributed by atoms with Crippen LogP contribution in [-0.4, -0.2) is 37.9 Å². The van der Waals surface area contributed by atoms with Crippen molar-refractivity contribution in [2.75, 3.05) is 0 Å². The molecule has 8 heteroatoms. The highest BCUT2D eigenvalue weighted by Crippen LogP contribution is 2.51. The Morgan fingerprint density at radius 1 is 0.179 bits per heavy atom. The third kappa shape index (κ3) is 8.01. The van der Waals surface area contributed by atoms with Crippen LogP contribution in [0.15, 0.2) is 340 Å². The van der Waals surface area contributed by atoms with Gasteiger partial charge < -0.3 is 8.80 Å². The number of hydrogen-bond acceptors (Lipinski definition) is 4. The van der Waals surface area contributed by atoms with E-state index in [1.54, 1.807) is 0 Å². The summed E-state index contributed by atoms with van der Waals surface area (Å²) < 4.78 is 9.77. The molecule has 0 saturated carbocycles. The molecule has 8 aromatic heterocycles. The second-order valence-corrected chi connectivity index (χ2v) is 28.4. The summed E-state index contributed by atoms with van der Waals surface area (Å²) in [6.07, 6.45) is 0. The highest BCUT2D eigenvalue weighted by Gasteiger charge is 2.29. The summed E-state index contributed by atoms with van der Waals surface area (Å²) in [5.74, 6) is 3.17. The molecule has 25 rings (SSSR count). The van der Waals surface area contributed by atoms with Crippen LogP contribution in [0.4, 0.5) is 0 Å². The van der Waals surface area contributed by atoms with Crippen molar-refractivity contribution < 1.29 is 0 Å². The molecule has 0 amide bonds. The second kappa shape index (κ2) is 21.6. The minimum atomic E-state index is 0.704. The molecule has 0 spiro atoms. The Balaban J connectivity index is 0.000000126. The zero-order chi connectivity index (χ0) is 69.0. The van der Waals surface area contributed by atoms with Crippen molar-refractivity contribution in [1.82, 2.24) is 37.9 Å². The van der Waals surface area contributed by atoms with E-state index in [0.29, 0.717) is 11.6 Å². The number of nitrogens with zero attached hydrogens (tertiary/aromatic N) is 8. The molecular formula is C98H56N8. The minimum absolute atomic E-state index is 0.704. The Morgan fingerprint density at radius 3 is 1.09 bits per heavy atom. The van der Waals surface area contributed by atoms with Gasteiger partial charge in [-0.25, -0.2) is 19.9 Å². The fraction of sp³-hybridized carbons (Fsp3) is 0. The van der Waals surface area contributed by atoms with Gasteiger partial charge in [0.15, 0.2) is 11.6 Å². The lowest BCUT2D eigenvalue weighted by molar-refractivity contribution is 1.08. The number of hydrogen-bond donors (Lipinski definition) is 0. The van der Waals surface area contributed by atoms with E-state index in [-0.39, 0.29) is 0 Å². The van der Waals surface area contributed by atoms with Crippen LogP contribution in [0, 0.1) is 0 Å². The highest BCUT2D eigenvalue weighted by atomic mass is 15.1. The summed E-state index contributed by atoms with van der Waals surface area (Å²) >= 11 is 0. The summed E-state index contributed by atoms with van der Waals surface area (Å²) in [6.45, 7) is 0. The maximum absolute atomic E-state index is 5.55. The Labute approximate surface area is 604 Å². The molecule has 8 nitrogen and oxygen atoms in total. The first kappa shape index (κ1) is 57.3. The fourth-order valence-corrected chi connectivity index (χ4v) is 18.2. The number of fused-ring (bicyclic) bond motifs is 27. The van der Waals surface area contributed by atoms with Crippen molar-refractivity contribution in [1.29, 1.82) is 0 Å². The zero-order valence-electron chi connectivity index (χ0n) is 56.9. The Hall–Kier alpha value is -14.3. The van der Waals surface area contributed by atoms with Crippen LogP contribution in [0.5, 0.6) is 0 Å². The molecule has 0 saturated heterocycles. The normalized spacial score (nSPS) is 12.3. The van der Waals surface area contributed by atoms with Gasteiger partial charge in [0.25, 0.3) is 0 Å². The van der Waals surface area contributed by atoms with Crippen molar-refractivity contribution in [3.63, 3.8) is 0 Å². The van der Waals surface area contributed by atoms with Gasteiger partial charge in [-0.1, -0.05) is 243 Å². The van der Waals surface area contributed by atoms with Crippen LogP contribution >= 0.6 is 0 Å². The van der Waals surface area contributed by atoms with Gasteiger partial charge >= 0.3 is 0 Å². The largest absolute Gasteiger partial charge is 0.308 e. The number of rotatable bonds is 5. The lowest BCUT2D eigenvalue weighted by Gasteiger charge is -2.13. The molecular weight excluding hydrogens is 1290 g/mol. The van der Waals surface area contributed by atoms with E-state index in [0.717, 1.165) is 72.2 Å². The lowest BCUT2D eigenvalue weighted by atomic mass is 10.00. The van der Waals surface area contributed by atoms with E-state index in [1.807, 2.05) is 0 Å². The highest BCUT2D eigenvalue weighted by molar-refractivity contribution is 6.38. The van der Waals surface area contributed by atoms with E-state index in [2.05, 4.69) is 358 Å². The Bertz CT molecular complexity index is 8090. The topological polar surface area (TPSA) is 70.2 Å². The van der Waals surface area contributed by atoms with Crippen LogP contribution in [-0.2, 0) is 0 Å². The zero-order valence-corrected chi connectivity index (χ0v) is 56.9. The van der Waals surface area contributed by atoms with Crippen LogP contribution < -0.4 is 0 Å². The molecule has 0 bridgehead atoms. The molecule has 25 aromatic rings. The third-order valence-electron chi connectivity index (χ3n) is 22.8. The third-order valence-corrected chi connectivity index (χ3v) is 22.8. The van der Waals surface area contributed by atoms with Crippen molar-refractivity contribution in [2.24, 2.45) is 0 Å². The molecule has 106 heavy (non-hydrogen) atoms. The van der Waals surface area contributed by atoms with Crippen LogP contribution in [0.25, 0.3) is 230 Å². The van der Waals surface area contributed by atoms with E-state index in [1.165, 1.54) is 146 Å². The predicted molar refractivity (Wildman–Crippen MR) is 443 cm³/mol. The van der Waals surface area contributed by atoms with Crippen molar-refractivity contribution in [3.05, 3.63) is 340 Å². The average molecular weight is 1350 g/mol. The van der Waals surface area contributed by atoms with E-state index in [4.69, 9.17) is 19.9 Å². The monoisotopic (exact) mass is 1340 g/mol. The van der Waals surface area contributed by atoms with E-state index in [9.17, 15) is 0 Å². The Morgan fingerprint density at radius 2 is 0.566 bits per heavy atom. The minimum Gasteiger partial charge on any atom is -0.308 e. The van der Waals surface area contributed by atoms with Gasteiger partial charge in [-0.2, -0.15) is 0 Å². The molecule has 0 aliphatic rings. The summed E-state index contributed by atoms with van der Waals surface area (Å²) in [6, 6.07) is 123. The molecule has 0 fully saturated rings. The van der Waals surface area contributed by atoms with Crippen molar-refractivity contribution >= 4 is 185 Å². The quantitative estimate of drug-likeness (QED) is 0.161. The number of benzene rings is 17. The molecule has 488 valence electrons. The Kier molecular flexibility index (Phi) is 11.7. The summed E-state index contributed by atoms with van der Waals surface area (Å²) in [5, 5.41) is 26.8. The van der Waals surface area contributed by atoms with Gasteiger partial charge in [0, 0.05) is 86.5 Å². The summed E-state index contributed by atoms with van der Waals surface area (Å²) in [5.41, 5.74) is 18.1. The number of para-hydroxylation sites is 6. The maximum Gasteiger partial charge on any atom is 0.162 e. The van der Waals surface area contributed by atoms with Crippen LogP contribution in [0.2, 0.25) is 0 Å². The SMILES string of the molecule is c1ccc(-c2cccc(-c3nc(-n4c5cc6ccccc6cc5c5c6c7ccccc7n7c8ccccc8c(cc54)c67)c4ccccc4n3)c2)cc1.c1ccc2cc3c(cc2c1)c1c2c4ccccc4n4c5ccccc5c(cc1n3-c1nc(-c3ccc5c(ccc6ccccc65)c3)nc3ccccc13)c24. The van der Waals surface area contributed by atoms with Gasteiger partial charge in [0.2, 0.25) is 0 Å². The van der Waals surface area contributed by atoms with Gasteiger partial charge in [0.1, 0.15) is 11.6 Å². The molecule has 0 N–H and O–H groups in total.